The van der Waals surface area contributed by atoms with E-state index in [9.17, 15) is 4.79 Å². The minimum absolute atomic E-state index is 0.283. The van der Waals surface area contributed by atoms with E-state index >= 15 is 0 Å². The van der Waals surface area contributed by atoms with Crippen molar-refractivity contribution in [2.24, 2.45) is 0 Å². The maximum Gasteiger partial charge on any atom is 0.410 e. The zero-order chi connectivity index (χ0) is 11.0. The van der Waals surface area contributed by atoms with Gasteiger partial charge in [-0.1, -0.05) is 12.2 Å². The van der Waals surface area contributed by atoms with Crippen LogP contribution < -0.4 is 0 Å². The average molecular weight is 201 g/mol. The van der Waals surface area contributed by atoms with E-state index in [-0.39, 0.29) is 12.7 Å². The van der Waals surface area contributed by atoms with Crippen LogP contribution in [0.2, 0.25) is 0 Å². The Kier molecular flexibility index (Phi) is 6.84. The second-order valence-corrected chi connectivity index (χ2v) is 3.03. The molecule has 0 aromatic carbocycles. The predicted molar refractivity (Wildman–Crippen MR) is 55.1 cm³/mol. The minimum atomic E-state index is -0.524. The van der Waals surface area contributed by atoms with Gasteiger partial charge in [-0.2, -0.15) is 0 Å². The zero-order valence-electron chi connectivity index (χ0n) is 9.06. The molecule has 1 N–H and O–H groups in total. The molecule has 0 rings (SSSR count). The van der Waals surface area contributed by atoms with Crippen molar-refractivity contribution >= 4 is 6.09 Å². The molecule has 0 bridgehead atoms. The summed E-state index contributed by atoms with van der Waals surface area (Å²) in [6.45, 7) is 6.48. The summed E-state index contributed by atoms with van der Waals surface area (Å²) < 4.78 is 4.93. The van der Waals surface area contributed by atoms with Gasteiger partial charge in [0.15, 0.2) is 0 Å². The minimum Gasteiger partial charge on any atom is -0.445 e. The molecule has 0 heterocycles. The smallest absolute Gasteiger partial charge is 0.410 e. The van der Waals surface area contributed by atoms with E-state index in [2.05, 4.69) is 0 Å². The van der Waals surface area contributed by atoms with Gasteiger partial charge in [0.05, 0.1) is 6.10 Å². The average Bonchev–Trinajstić information content (AvgIpc) is 2.14. The Balaban J connectivity index is 3.91. The Hall–Kier alpha value is -1.03. The molecule has 1 atom stereocenters. The lowest BCUT2D eigenvalue weighted by molar-refractivity contribution is 0.0868. The van der Waals surface area contributed by atoms with E-state index in [1.807, 2.05) is 19.9 Å². The molecule has 4 nitrogen and oxygen atoms in total. The monoisotopic (exact) mass is 201 g/mol. The van der Waals surface area contributed by atoms with Gasteiger partial charge in [0.1, 0.15) is 6.61 Å². The van der Waals surface area contributed by atoms with Crippen LogP contribution in [0, 0.1) is 0 Å². The lowest BCUT2D eigenvalue weighted by Crippen LogP contribution is -2.36. The number of ether oxygens (including phenoxy) is 1. The first-order valence-corrected chi connectivity index (χ1v) is 4.82. The molecule has 1 unspecified atom stereocenters. The number of nitrogens with zero attached hydrogens (tertiary/aromatic N) is 1. The molecule has 0 aliphatic carbocycles. The second kappa shape index (κ2) is 7.38. The maximum absolute atomic E-state index is 11.3. The normalized spacial score (nSPS) is 12.9. The number of carbonyl (C=O) groups excluding carboxylic acids is 1. The molecule has 0 spiro atoms. The number of amides is 1. The summed E-state index contributed by atoms with van der Waals surface area (Å²) >= 11 is 0. The first-order chi connectivity index (χ1) is 6.61. The Morgan fingerprint density at radius 2 is 2.29 bits per heavy atom. The highest BCUT2D eigenvalue weighted by atomic mass is 16.6. The van der Waals surface area contributed by atoms with Crippen LogP contribution in [0.3, 0.4) is 0 Å². The Bertz CT molecular complexity index is 190. The quantitative estimate of drug-likeness (QED) is 0.684. The van der Waals surface area contributed by atoms with Gasteiger partial charge in [-0.3, -0.25) is 0 Å². The van der Waals surface area contributed by atoms with Crippen LogP contribution in [0.4, 0.5) is 4.79 Å². The summed E-state index contributed by atoms with van der Waals surface area (Å²) in [6.07, 6.45) is 2.67. The molecule has 14 heavy (non-hydrogen) atoms. The highest BCUT2D eigenvalue weighted by Gasteiger charge is 2.13. The van der Waals surface area contributed by atoms with Crippen molar-refractivity contribution < 1.29 is 14.6 Å². The topological polar surface area (TPSA) is 49.8 Å². The Labute approximate surface area is 85.2 Å². The van der Waals surface area contributed by atoms with Crippen molar-refractivity contribution in [3.63, 3.8) is 0 Å². The summed E-state index contributed by atoms with van der Waals surface area (Å²) in [5.41, 5.74) is 0. The molecular weight excluding hydrogens is 182 g/mol. The van der Waals surface area contributed by atoms with Gasteiger partial charge in [-0.15, -0.1) is 0 Å². The second-order valence-electron chi connectivity index (χ2n) is 3.03. The highest BCUT2D eigenvalue weighted by Crippen LogP contribution is 1.96. The van der Waals surface area contributed by atoms with Crippen molar-refractivity contribution in [2.75, 3.05) is 19.7 Å². The number of hydrogen-bond acceptors (Lipinski definition) is 3. The van der Waals surface area contributed by atoms with Crippen molar-refractivity contribution in [1.29, 1.82) is 0 Å². The standard InChI is InChI=1S/C10H19NO3/c1-4-6-7-14-10(13)11(5-2)8-9(3)12/h4,6,9,12H,5,7-8H2,1-3H3/b6-4+. The third-order valence-corrected chi connectivity index (χ3v) is 1.66. The lowest BCUT2D eigenvalue weighted by atomic mass is 10.4. The molecule has 0 saturated carbocycles. The molecule has 0 aliphatic heterocycles. The van der Waals surface area contributed by atoms with Crippen LogP contribution in [0.15, 0.2) is 12.2 Å². The predicted octanol–water partition coefficient (Wildman–Crippen LogP) is 1.40. The van der Waals surface area contributed by atoms with Crippen molar-refractivity contribution in [2.45, 2.75) is 26.9 Å². The third-order valence-electron chi connectivity index (χ3n) is 1.66. The summed E-state index contributed by atoms with van der Waals surface area (Å²) in [7, 11) is 0. The molecule has 0 saturated heterocycles. The van der Waals surface area contributed by atoms with Crippen LogP contribution in [0.5, 0.6) is 0 Å². The van der Waals surface area contributed by atoms with E-state index in [0.717, 1.165) is 0 Å². The number of allylic oxidation sites excluding steroid dienone is 1. The third kappa shape index (κ3) is 5.59. The molecule has 4 heteroatoms. The van der Waals surface area contributed by atoms with E-state index in [1.165, 1.54) is 4.90 Å². The summed E-state index contributed by atoms with van der Waals surface area (Å²) in [5.74, 6) is 0. The first kappa shape index (κ1) is 13.0. The van der Waals surface area contributed by atoms with E-state index in [0.29, 0.717) is 13.1 Å². The summed E-state index contributed by atoms with van der Waals surface area (Å²) in [4.78, 5) is 12.8. The van der Waals surface area contributed by atoms with Crippen molar-refractivity contribution in [1.82, 2.24) is 4.90 Å². The number of aliphatic hydroxyl groups excluding tert-OH is 1. The van der Waals surface area contributed by atoms with Crippen LogP contribution in [0.1, 0.15) is 20.8 Å². The van der Waals surface area contributed by atoms with Crippen LogP contribution in [-0.2, 0) is 4.74 Å². The van der Waals surface area contributed by atoms with Crippen molar-refractivity contribution in [3.8, 4) is 0 Å². The first-order valence-electron chi connectivity index (χ1n) is 4.82. The fourth-order valence-electron chi connectivity index (χ4n) is 0.959. The van der Waals surface area contributed by atoms with Crippen molar-refractivity contribution in [3.05, 3.63) is 12.2 Å². The number of likely N-dealkylation sites (N-methyl/N-ethyl adjacent to an activating group) is 1. The van der Waals surface area contributed by atoms with Gasteiger partial charge in [0.2, 0.25) is 0 Å². The Morgan fingerprint density at radius 1 is 1.64 bits per heavy atom. The highest BCUT2D eigenvalue weighted by molar-refractivity contribution is 5.67. The fraction of sp³-hybridized carbons (Fsp3) is 0.700. The molecule has 82 valence electrons. The number of carbonyl (C=O) groups is 1. The number of hydrogen-bond donors (Lipinski definition) is 1. The molecular formula is C10H19NO3. The van der Waals surface area contributed by atoms with Crippen LogP contribution in [-0.4, -0.2) is 41.9 Å². The maximum atomic E-state index is 11.3. The fourth-order valence-corrected chi connectivity index (χ4v) is 0.959. The van der Waals surface area contributed by atoms with Gasteiger partial charge in [0, 0.05) is 13.1 Å². The summed E-state index contributed by atoms with van der Waals surface area (Å²) in [6, 6.07) is 0. The largest absolute Gasteiger partial charge is 0.445 e. The van der Waals surface area contributed by atoms with Gasteiger partial charge < -0.3 is 14.7 Å². The number of aliphatic hydroxyl groups is 1. The summed E-state index contributed by atoms with van der Waals surface area (Å²) in [5, 5.41) is 9.11. The number of rotatable bonds is 5. The molecule has 0 aromatic heterocycles. The van der Waals surface area contributed by atoms with E-state index in [4.69, 9.17) is 9.84 Å². The molecule has 0 fully saturated rings. The molecule has 0 aliphatic rings. The van der Waals surface area contributed by atoms with Crippen LogP contribution >= 0.6 is 0 Å². The van der Waals surface area contributed by atoms with Crippen LogP contribution in [0.25, 0.3) is 0 Å². The van der Waals surface area contributed by atoms with Gasteiger partial charge >= 0.3 is 6.09 Å². The molecule has 0 radical (unpaired) electrons. The van der Waals surface area contributed by atoms with Gasteiger partial charge in [-0.05, 0) is 20.8 Å². The SMILES string of the molecule is C/C=C/COC(=O)N(CC)CC(C)O. The molecule has 1 amide bonds. The van der Waals surface area contributed by atoms with Gasteiger partial charge in [0.25, 0.3) is 0 Å². The lowest BCUT2D eigenvalue weighted by Gasteiger charge is -2.21. The molecule has 0 aromatic rings. The zero-order valence-corrected chi connectivity index (χ0v) is 9.06. The van der Waals surface area contributed by atoms with Gasteiger partial charge in [-0.25, -0.2) is 4.79 Å². The van der Waals surface area contributed by atoms with E-state index < -0.39 is 6.10 Å². The van der Waals surface area contributed by atoms with E-state index in [1.54, 1.807) is 13.0 Å². The Morgan fingerprint density at radius 3 is 2.71 bits per heavy atom.